The fraction of sp³-hybridized carbons (Fsp3) is 0. The fourth-order valence-corrected chi connectivity index (χ4v) is 2.19. The zero-order chi connectivity index (χ0) is 11.7. The summed E-state index contributed by atoms with van der Waals surface area (Å²) in [6.45, 7) is 0. The van der Waals surface area contributed by atoms with Crippen LogP contribution in [0.2, 0.25) is 5.02 Å². The van der Waals surface area contributed by atoms with Gasteiger partial charge in [0, 0.05) is 11.6 Å². The Labute approximate surface area is 105 Å². The molecule has 0 radical (unpaired) electrons. The third-order valence-electron chi connectivity index (χ3n) is 1.80. The number of nitro groups is 1. The minimum absolute atomic E-state index is 0.101. The van der Waals surface area contributed by atoms with Gasteiger partial charge in [-0.15, -0.1) is 22.8 Å². The quantitative estimate of drug-likeness (QED) is 0.519. The molecule has 82 valence electrons. The van der Waals surface area contributed by atoms with Crippen molar-refractivity contribution in [3.05, 3.63) is 33.3 Å². The van der Waals surface area contributed by atoms with Gasteiger partial charge in [0.25, 0.3) is 5.69 Å². The number of hydrogen-bond acceptors (Lipinski definition) is 6. The second kappa shape index (κ2) is 4.36. The van der Waals surface area contributed by atoms with Crippen molar-refractivity contribution in [3.8, 4) is 10.6 Å². The summed E-state index contributed by atoms with van der Waals surface area (Å²) in [4.78, 5) is 10.2. The Balaban J connectivity index is 2.51. The van der Waals surface area contributed by atoms with Crippen LogP contribution in [0.3, 0.4) is 0 Å². The number of aromatic nitrogens is 2. The van der Waals surface area contributed by atoms with Crippen LogP contribution in [0.15, 0.2) is 22.5 Å². The average molecular weight is 274 g/mol. The van der Waals surface area contributed by atoms with Crippen LogP contribution < -0.4 is 0 Å². The lowest BCUT2D eigenvalue weighted by atomic mass is 10.2. The molecule has 0 spiro atoms. The smallest absolute Gasteiger partial charge is 0.258 e. The maximum absolute atomic E-state index is 10.7. The first-order valence-corrected chi connectivity index (χ1v) is 5.69. The number of hydrogen-bond donors (Lipinski definition) is 1. The van der Waals surface area contributed by atoms with E-state index in [9.17, 15) is 10.1 Å². The summed E-state index contributed by atoms with van der Waals surface area (Å²) in [5, 5.41) is 18.9. The van der Waals surface area contributed by atoms with Gasteiger partial charge in [0.15, 0.2) is 4.34 Å². The van der Waals surface area contributed by atoms with E-state index in [1.165, 1.54) is 23.5 Å². The summed E-state index contributed by atoms with van der Waals surface area (Å²) in [7, 11) is 0. The van der Waals surface area contributed by atoms with E-state index in [1.807, 2.05) is 0 Å². The molecule has 0 unspecified atom stereocenters. The highest BCUT2D eigenvalue weighted by molar-refractivity contribution is 7.82. The van der Waals surface area contributed by atoms with Gasteiger partial charge in [-0.2, -0.15) is 0 Å². The largest absolute Gasteiger partial charge is 0.288 e. The molecule has 0 bridgehead atoms. The number of benzene rings is 1. The zero-order valence-corrected chi connectivity index (χ0v) is 10.1. The monoisotopic (exact) mass is 273 g/mol. The van der Waals surface area contributed by atoms with E-state index in [0.717, 1.165) is 0 Å². The molecular weight excluding hydrogens is 270 g/mol. The minimum Gasteiger partial charge on any atom is -0.258 e. The highest BCUT2D eigenvalue weighted by Crippen LogP contribution is 2.32. The van der Waals surface area contributed by atoms with Gasteiger partial charge in [-0.05, 0) is 12.1 Å². The predicted molar refractivity (Wildman–Crippen MR) is 64.3 cm³/mol. The third-order valence-corrected chi connectivity index (χ3v) is 3.26. The van der Waals surface area contributed by atoms with E-state index in [1.54, 1.807) is 6.07 Å². The first-order chi connectivity index (χ1) is 7.58. The maximum atomic E-state index is 10.7. The van der Waals surface area contributed by atoms with Crippen LogP contribution in [0, 0.1) is 10.1 Å². The van der Waals surface area contributed by atoms with Crippen molar-refractivity contribution in [1.29, 1.82) is 0 Å². The maximum Gasteiger partial charge on any atom is 0.288 e. The molecule has 5 nitrogen and oxygen atoms in total. The summed E-state index contributed by atoms with van der Waals surface area (Å²) in [6, 6.07) is 4.49. The molecule has 0 fully saturated rings. The topological polar surface area (TPSA) is 68.9 Å². The highest BCUT2D eigenvalue weighted by atomic mass is 35.5. The molecule has 0 amide bonds. The molecule has 1 heterocycles. The van der Waals surface area contributed by atoms with E-state index < -0.39 is 4.92 Å². The predicted octanol–water partition coefficient (Wildman–Crippen LogP) is 3.06. The molecule has 2 aromatic rings. The SMILES string of the molecule is O=[N+]([O-])c1cc(-c2nnc(S)s2)ccc1Cl. The fourth-order valence-electron chi connectivity index (χ4n) is 1.12. The van der Waals surface area contributed by atoms with Gasteiger partial charge in [-0.25, -0.2) is 0 Å². The number of rotatable bonds is 2. The van der Waals surface area contributed by atoms with Crippen molar-refractivity contribution in [2.75, 3.05) is 0 Å². The van der Waals surface area contributed by atoms with Crippen molar-refractivity contribution in [2.24, 2.45) is 0 Å². The Morgan fingerprint density at radius 3 is 2.75 bits per heavy atom. The molecule has 16 heavy (non-hydrogen) atoms. The van der Waals surface area contributed by atoms with Crippen LogP contribution in [0.25, 0.3) is 10.6 Å². The minimum atomic E-state index is -0.533. The molecule has 0 saturated carbocycles. The van der Waals surface area contributed by atoms with Gasteiger partial charge in [-0.1, -0.05) is 22.9 Å². The Bertz CT molecular complexity index is 558. The van der Waals surface area contributed by atoms with E-state index in [2.05, 4.69) is 22.8 Å². The van der Waals surface area contributed by atoms with Gasteiger partial charge in [0.2, 0.25) is 0 Å². The molecule has 0 aliphatic rings. The Morgan fingerprint density at radius 2 is 2.19 bits per heavy atom. The van der Waals surface area contributed by atoms with Crippen molar-refractivity contribution >= 4 is 41.3 Å². The first-order valence-electron chi connectivity index (χ1n) is 4.04. The summed E-state index contributed by atoms with van der Waals surface area (Å²) < 4.78 is 0.507. The molecule has 0 saturated heterocycles. The number of nitro benzene ring substituents is 1. The van der Waals surface area contributed by atoms with Crippen LogP contribution in [-0.4, -0.2) is 15.1 Å². The number of halogens is 1. The Hall–Kier alpha value is -1.18. The lowest BCUT2D eigenvalue weighted by molar-refractivity contribution is -0.384. The normalized spacial score (nSPS) is 10.4. The van der Waals surface area contributed by atoms with Gasteiger partial charge >= 0.3 is 0 Å². The lowest BCUT2D eigenvalue weighted by Gasteiger charge is -1.97. The molecule has 1 aromatic heterocycles. The van der Waals surface area contributed by atoms with Crippen LogP contribution in [0.5, 0.6) is 0 Å². The molecule has 0 aliphatic carbocycles. The summed E-state index contributed by atoms with van der Waals surface area (Å²) >= 11 is 11.0. The van der Waals surface area contributed by atoms with E-state index in [4.69, 9.17) is 11.6 Å². The lowest BCUT2D eigenvalue weighted by Crippen LogP contribution is -1.89. The number of thiol groups is 1. The number of nitrogens with zero attached hydrogens (tertiary/aromatic N) is 3. The molecule has 8 heteroatoms. The molecule has 0 atom stereocenters. The second-order valence-corrected chi connectivity index (χ2v) is 4.92. The molecular formula is C8H4ClN3O2S2. The van der Waals surface area contributed by atoms with Crippen LogP contribution in [-0.2, 0) is 0 Å². The van der Waals surface area contributed by atoms with E-state index >= 15 is 0 Å². The van der Waals surface area contributed by atoms with Crippen molar-refractivity contribution in [2.45, 2.75) is 4.34 Å². The van der Waals surface area contributed by atoms with Gasteiger partial charge in [-0.3, -0.25) is 10.1 Å². The van der Waals surface area contributed by atoms with Crippen molar-refractivity contribution < 1.29 is 4.92 Å². The Morgan fingerprint density at radius 1 is 1.44 bits per heavy atom. The van der Waals surface area contributed by atoms with Gasteiger partial charge in [0.1, 0.15) is 10.0 Å². The average Bonchev–Trinajstić information content (AvgIpc) is 2.65. The van der Waals surface area contributed by atoms with Crippen molar-refractivity contribution in [1.82, 2.24) is 10.2 Å². The third kappa shape index (κ3) is 2.16. The molecule has 2 rings (SSSR count). The van der Waals surface area contributed by atoms with E-state index in [-0.39, 0.29) is 10.7 Å². The highest BCUT2D eigenvalue weighted by Gasteiger charge is 2.15. The van der Waals surface area contributed by atoms with Crippen molar-refractivity contribution in [3.63, 3.8) is 0 Å². The Kier molecular flexibility index (Phi) is 3.08. The second-order valence-electron chi connectivity index (χ2n) is 2.81. The first kappa shape index (κ1) is 11.3. The van der Waals surface area contributed by atoms with Gasteiger partial charge in [0.05, 0.1) is 4.92 Å². The molecule has 0 N–H and O–H groups in total. The van der Waals surface area contributed by atoms with Crippen LogP contribution in [0.4, 0.5) is 5.69 Å². The summed E-state index contributed by atoms with van der Waals surface area (Å²) in [5.41, 5.74) is 0.462. The van der Waals surface area contributed by atoms with Crippen LogP contribution in [0.1, 0.15) is 0 Å². The standard InChI is InChI=1S/C8H4ClN3O2S2/c9-5-2-1-4(3-6(5)12(13)14)7-10-11-8(15)16-7/h1-3H,(H,11,15). The van der Waals surface area contributed by atoms with Gasteiger partial charge < -0.3 is 0 Å². The van der Waals surface area contributed by atoms with E-state index in [0.29, 0.717) is 14.9 Å². The molecule has 0 aliphatic heterocycles. The van der Waals surface area contributed by atoms with Crippen LogP contribution >= 0.6 is 35.6 Å². The summed E-state index contributed by atoms with van der Waals surface area (Å²) in [6.07, 6.45) is 0. The zero-order valence-electron chi connectivity index (χ0n) is 7.62. The molecule has 1 aromatic carbocycles. The summed E-state index contributed by atoms with van der Waals surface area (Å²) in [5.74, 6) is 0.